The fourth-order valence-electron chi connectivity index (χ4n) is 3.56. The van der Waals surface area contributed by atoms with E-state index in [0.717, 1.165) is 30.6 Å². The van der Waals surface area contributed by atoms with Crippen LogP contribution < -0.4 is 0 Å². The Morgan fingerprint density at radius 3 is 2.61 bits per heavy atom. The number of rotatable bonds is 6. The lowest BCUT2D eigenvalue weighted by Gasteiger charge is -2.22. The first-order chi connectivity index (χ1) is 13.2. The Labute approximate surface area is 174 Å². The molecule has 3 nitrogen and oxygen atoms in total. The average Bonchev–Trinajstić information content (AvgIpc) is 2.96. The van der Waals surface area contributed by atoms with Crippen molar-refractivity contribution in [2.24, 2.45) is 5.41 Å². The molecule has 0 N–H and O–H groups in total. The van der Waals surface area contributed by atoms with Crippen LogP contribution in [0.3, 0.4) is 0 Å². The van der Waals surface area contributed by atoms with Gasteiger partial charge in [0.15, 0.2) is 5.78 Å². The monoisotopic (exact) mass is 421 g/mol. The van der Waals surface area contributed by atoms with E-state index in [1.165, 1.54) is 17.4 Å². The van der Waals surface area contributed by atoms with Crippen molar-refractivity contribution in [3.8, 4) is 0 Å². The fourth-order valence-corrected chi connectivity index (χ4v) is 4.54. The minimum absolute atomic E-state index is 0.0615. The van der Waals surface area contributed by atoms with E-state index in [-0.39, 0.29) is 30.2 Å². The molecule has 28 heavy (non-hydrogen) atoms. The van der Waals surface area contributed by atoms with Crippen molar-refractivity contribution in [1.29, 1.82) is 0 Å². The first-order valence-electron chi connectivity index (χ1n) is 9.46. The molecule has 1 aromatic heterocycles. The number of thiophene rings is 1. The highest BCUT2D eigenvalue weighted by molar-refractivity contribution is 7.18. The first-order valence-corrected chi connectivity index (χ1v) is 10.7. The second-order valence-electron chi connectivity index (χ2n) is 8.21. The van der Waals surface area contributed by atoms with Crippen LogP contribution in [-0.2, 0) is 24.1 Å². The predicted octanol–water partition coefficient (Wildman–Crippen LogP) is 4.98. The van der Waals surface area contributed by atoms with Crippen LogP contribution in [0.1, 0.15) is 46.6 Å². The highest BCUT2D eigenvalue weighted by atomic mass is 35.5. The summed E-state index contributed by atoms with van der Waals surface area (Å²) in [7, 11) is 2.04. The number of hydrogen-bond acceptors (Lipinski definition) is 4. The summed E-state index contributed by atoms with van der Waals surface area (Å²) in [6, 6.07) is 6.82. The van der Waals surface area contributed by atoms with Crippen molar-refractivity contribution in [2.75, 3.05) is 20.1 Å². The van der Waals surface area contributed by atoms with Gasteiger partial charge < -0.3 is 4.90 Å². The van der Waals surface area contributed by atoms with Gasteiger partial charge in [-0.15, -0.1) is 11.3 Å². The average molecular weight is 422 g/mol. The molecule has 0 radical (unpaired) electrons. The van der Waals surface area contributed by atoms with Crippen molar-refractivity contribution >= 4 is 34.5 Å². The zero-order valence-electron chi connectivity index (χ0n) is 16.5. The second kappa shape index (κ2) is 8.44. The standard InChI is InChI=1S/C22H25ClFNO2S/c1-22(2,13-18(26)19-4-5-21(23)28-19)20(27)12-14-10-15-6-8-25(3)9-7-16(15)17(24)11-14/h4-5,10-11H,6-9,12-13H2,1-3H3. The highest BCUT2D eigenvalue weighted by Gasteiger charge is 2.31. The third-order valence-electron chi connectivity index (χ3n) is 5.42. The third-order valence-corrected chi connectivity index (χ3v) is 6.70. The van der Waals surface area contributed by atoms with Crippen LogP contribution in [0.2, 0.25) is 4.34 Å². The summed E-state index contributed by atoms with van der Waals surface area (Å²) in [5, 5.41) is 0. The molecule has 0 aliphatic carbocycles. The molecule has 0 saturated heterocycles. The van der Waals surface area contributed by atoms with Crippen molar-refractivity contribution < 1.29 is 14.0 Å². The quantitative estimate of drug-likeness (QED) is 0.617. The van der Waals surface area contributed by atoms with Crippen LogP contribution in [0.5, 0.6) is 0 Å². The van der Waals surface area contributed by atoms with E-state index in [1.807, 2.05) is 13.1 Å². The summed E-state index contributed by atoms with van der Waals surface area (Å²) in [4.78, 5) is 28.1. The number of nitrogens with zero attached hydrogens (tertiary/aromatic N) is 1. The summed E-state index contributed by atoms with van der Waals surface area (Å²) in [6.07, 6.45) is 1.72. The molecule has 0 bridgehead atoms. The van der Waals surface area contributed by atoms with Crippen molar-refractivity contribution in [1.82, 2.24) is 4.90 Å². The van der Waals surface area contributed by atoms with E-state index < -0.39 is 5.41 Å². The zero-order valence-corrected chi connectivity index (χ0v) is 18.1. The fraction of sp³-hybridized carbons (Fsp3) is 0.455. The van der Waals surface area contributed by atoms with E-state index in [2.05, 4.69) is 4.90 Å². The number of Topliss-reactive ketones (excluding diaryl/α,β-unsaturated/α-hetero) is 2. The number of fused-ring (bicyclic) bond motifs is 1. The Morgan fingerprint density at radius 2 is 1.93 bits per heavy atom. The second-order valence-corrected chi connectivity index (χ2v) is 9.92. The van der Waals surface area contributed by atoms with Crippen LogP contribution in [-0.4, -0.2) is 36.6 Å². The maximum atomic E-state index is 14.6. The number of likely N-dealkylation sites (N-methyl/N-ethyl adjacent to an activating group) is 1. The summed E-state index contributed by atoms with van der Waals surface area (Å²) < 4.78 is 15.2. The number of halogens is 2. The zero-order chi connectivity index (χ0) is 20.5. The van der Waals surface area contributed by atoms with Crippen molar-refractivity contribution in [3.05, 3.63) is 56.0 Å². The molecule has 150 valence electrons. The number of benzene rings is 1. The van der Waals surface area contributed by atoms with E-state index in [9.17, 15) is 14.0 Å². The van der Waals surface area contributed by atoms with Crippen LogP contribution in [0, 0.1) is 11.2 Å². The molecule has 1 aliphatic rings. The molecule has 1 aromatic carbocycles. The molecule has 3 rings (SSSR count). The van der Waals surface area contributed by atoms with Crippen molar-refractivity contribution in [3.63, 3.8) is 0 Å². The normalized spacial score (nSPS) is 15.2. The van der Waals surface area contributed by atoms with Gasteiger partial charge >= 0.3 is 0 Å². The first kappa shape index (κ1) is 21.2. The minimum Gasteiger partial charge on any atom is -0.306 e. The Hall–Kier alpha value is -1.56. The summed E-state index contributed by atoms with van der Waals surface area (Å²) in [5.41, 5.74) is 1.63. The van der Waals surface area contributed by atoms with E-state index in [0.29, 0.717) is 21.2 Å². The molecule has 0 saturated carbocycles. The van der Waals surface area contributed by atoms with Gasteiger partial charge in [-0.05, 0) is 54.8 Å². The van der Waals surface area contributed by atoms with E-state index in [4.69, 9.17) is 11.6 Å². The molecule has 0 amide bonds. The molecule has 2 aromatic rings. The Morgan fingerprint density at radius 1 is 1.21 bits per heavy atom. The van der Waals surface area contributed by atoms with Crippen molar-refractivity contribution in [2.45, 2.75) is 39.5 Å². The van der Waals surface area contributed by atoms with E-state index in [1.54, 1.807) is 26.0 Å². The lowest BCUT2D eigenvalue weighted by molar-refractivity contribution is -0.126. The number of ketones is 2. The van der Waals surface area contributed by atoms with E-state index >= 15 is 0 Å². The lowest BCUT2D eigenvalue weighted by atomic mass is 9.80. The predicted molar refractivity (Wildman–Crippen MR) is 112 cm³/mol. The Balaban J connectivity index is 1.73. The van der Waals surface area contributed by atoms with Gasteiger partial charge in [-0.2, -0.15) is 0 Å². The Kier molecular flexibility index (Phi) is 6.37. The summed E-state index contributed by atoms with van der Waals surface area (Å²) >= 11 is 7.12. The van der Waals surface area contributed by atoms with Gasteiger partial charge in [-0.25, -0.2) is 4.39 Å². The molecule has 0 atom stereocenters. The Bertz CT molecular complexity index is 906. The van der Waals surface area contributed by atoms with Gasteiger partial charge in [0.25, 0.3) is 0 Å². The molecular weight excluding hydrogens is 397 g/mol. The van der Waals surface area contributed by atoms with Crippen LogP contribution >= 0.6 is 22.9 Å². The number of hydrogen-bond donors (Lipinski definition) is 0. The van der Waals surface area contributed by atoms with Crippen LogP contribution in [0.4, 0.5) is 4.39 Å². The van der Waals surface area contributed by atoms with Gasteiger partial charge in [-0.1, -0.05) is 31.5 Å². The number of carbonyl (C=O) groups is 2. The molecular formula is C22H25ClFNO2S. The maximum Gasteiger partial charge on any atom is 0.173 e. The summed E-state index contributed by atoms with van der Waals surface area (Å²) in [5.74, 6) is -0.377. The molecule has 0 unspecified atom stereocenters. The SMILES string of the molecule is CN1CCc2cc(CC(=O)C(C)(C)CC(=O)c3ccc(Cl)s3)cc(F)c2CC1. The van der Waals surface area contributed by atoms with Gasteiger partial charge in [-0.3, -0.25) is 9.59 Å². The molecule has 2 heterocycles. The smallest absolute Gasteiger partial charge is 0.173 e. The van der Waals surface area contributed by atoms with Gasteiger partial charge in [0, 0.05) is 31.3 Å². The maximum absolute atomic E-state index is 14.6. The van der Waals surface area contributed by atoms with Crippen LogP contribution in [0.15, 0.2) is 24.3 Å². The topological polar surface area (TPSA) is 37.4 Å². The molecule has 0 fully saturated rings. The van der Waals surface area contributed by atoms with Crippen LogP contribution in [0.25, 0.3) is 0 Å². The van der Waals surface area contributed by atoms with Gasteiger partial charge in [0.2, 0.25) is 0 Å². The largest absolute Gasteiger partial charge is 0.306 e. The van der Waals surface area contributed by atoms with Gasteiger partial charge in [0.05, 0.1) is 9.21 Å². The summed E-state index contributed by atoms with van der Waals surface area (Å²) in [6.45, 7) is 5.27. The lowest BCUT2D eigenvalue weighted by Crippen LogP contribution is -2.29. The third kappa shape index (κ3) is 4.88. The molecule has 0 spiro atoms. The number of carbonyl (C=O) groups excluding carboxylic acids is 2. The molecule has 6 heteroatoms. The minimum atomic E-state index is -0.822. The molecule has 1 aliphatic heterocycles. The highest BCUT2D eigenvalue weighted by Crippen LogP contribution is 2.30. The van der Waals surface area contributed by atoms with Gasteiger partial charge in [0.1, 0.15) is 11.6 Å².